The van der Waals surface area contributed by atoms with Gasteiger partial charge in [-0.2, -0.15) is 0 Å². The van der Waals surface area contributed by atoms with Crippen LogP contribution in [0.25, 0.3) is 0 Å². The summed E-state index contributed by atoms with van der Waals surface area (Å²) >= 11 is 5.85. The van der Waals surface area contributed by atoms with Crippen LogP contribution in [-0.4, -0.2) is 18.2 Å². The van der Waals surface area contributed by atoms with E-state index in [-0.39, 0.29) is 18.2 Å². The molecular formula is C14H18ClNO2. The molecule has 0 heterocycles. The van der Waals surface area contributed by atoms with Crippen LogP contribution in [0.15, 0.2) is 18.2 Å². The lowest BCUT2D eigenvalue weighted by Crippen LogP contribution is -2.35. The molecule has 0 saturated carbocycles. The predicted octanol–water partition coefficient (Wildman–Crippen LogP) is 2.99. The molecule has 0 bridgehead atoms. The maximum Gasteiger partial charge on any atom is 0.251 e. The third kappa shape index (κ3) is 3.84. The molecule has 1 aromatic rings. The number of carbonyl (C=O) groups excluding carboxylic acids is 2. The van der Waals surface area contributed by atoms with Gasteiger partial charge in [0.15, 0.2) is 5.78 Å². The summed E-state index contributed by atoms with van der Waals surface area (Å²) in [5, 5.41) is 3.13. The van der Waals surface area contributed by atoms with Crippen LogP contribution >= 0.6 is 11.6 Å². The number of rotatable bonds is 3. The molecule has 0 aliphatic carbocycles. The smallest absolute Gasteiger partial charge is 0.251 e. The monoisotopic (exact) mass is 267 g/mol. The fourth-order valence-electron chi connectivity index (χ4n) is 1.36. The average molecular weight is 268 g/mol. The molecule has 0 aliphatic rings. The highest BCUT2D eigenvalue weighted by atomic mass is 35.5. The Balaban J connectivity index is 2.72. The van der Waals surface area contributed by atoms with Crippen LogP contribution in [0.3, 0.4) is 0 Å². The van der Waals surface area contributed by atoms with Crippen molar-refractivity contribution in [3.63, 3.8) is 0 Å². The van der Waals surface area contributed by atoms with Gasteiger partial charge < -0.3 is 5.32 Å². The Labute approximate surface area is 113 Å². The lowest BCUT2D eigenvalue weighted by atomic mass is 9.91. The van der Waals surface area contributed by atoms with Gasteiger partial charge in [0.25, 0.3) is 5.91 Å². The van der Waals surface area contributed by atoms with Gasteiger partial charge in [0.2, 0.25) is 0 Å². The maximum atomic E-state index is 11.9. The molecule has 1 rings (SSSR count). The molecule has 0 aromatic heterocycles. The number of nitrogens with one attached hydrogen (secondary N) is 1. The van der Waals surface area contributed by atoms with Crippen LogP contribution in [0.4, 0.5) is 0 Å². The van der Waals surface area contributed by atoms with Gasteiger partial charge in [0, 0.05) is 16.0 Å². The van der Waals surface area contributed by atoms with E-state index in [1.165, 1.54) is 0 Å². The number of hydrogen-bond donors (Lipinski definition) is 1. The van der Waals surface area contributed by atoms with E-state index < -0.39 is 5.41 Å². The van der Waals surface area contributed by atoms with Crippen LogP contribution in [0.1, 0.15) is 36.7 Å². The zero-order chi connectivity index (χ0) is 13.9. The van der Waals surface area contributed by atoms with Crippen molar-refractivity contribution in [1.82, 2.24) is 5.32 Å². The molecule has 0 aliphatic heterocycles. The summed E-state index contributed by atoms with van der Waals surface area (Å²) in [5.74, 6) is -0.275. The Morgan fingerprint density at radius 1 is 1.28 bits per heavy atom. The highest BCUT2D eigenvalue weighted by molar-refractivity contribution is 6.31. The number of amides is 1. The van der Waals surface area contributed by atoms with E-state index in [4.69, 9.17) is 11.6 Å². The standard InChI is InChI=1S/C14H18ClNO2/c1-9-5-6-10(15)7-11(9)13(18)16-8-12(17)14(2,3)4/h5-7H,8H2,1-4H3,(H,16,18). The summed E-state index contributed by atoms with van der Waals surface area (Å²) in [6, 6.07) is 5.12. The molecule has 1 amide bonds. The molecule has 18 heavy (non-hydrogen) atoms. The van der Waals surface area contributed by atoms with Gasteiger partial charge >= 0.3 is 0 Å². The van der Waals surface area contributed by atoms with Gasteiger partial charge in [-0.05, 0) is 24.6 Å². The van der Waals surface area contributed by atoms with Crippen molar-refractivity contribution in [2.75, 3.05) is 6.54 Å². The van der Waals surface area contributed by atoms with Crippen molar-refractivity contribution in [2.45, 2.75) is 27.7 Å². The number of ketones is 1. The number of hydrogen-bond acceptors (Lipinski definition) is 2. The number of Topliss-reactive ketones (excluding diaryl/α,β-unsaturated/α-hetero) is 1. The number of aryl methyl sites for hydroxylation is 1. The fraction of sp³-hybridized carbons (Fsp3) is 0.429. The van der Waals surface area contributed by atoms with Crippen molar-refractivity contribution in [3.8, 4) is 0 Å². The van der Waals surface area contributed by atoms with Crippen LogP contribution in [0, 0.1) is 12.3 Å². The first-order valence-corrected chi connectivity index (χ1v) is 6.17. The van der Waals surface area contributed by atoms with Crippen molar-refractivity contribution in [2.24, 2.45) is 5.41 Å². The minimum absolute atomic E-state index is 0.00414. The molecule has 0 atom stereocenters. The van der Waals surface area contributed by atoms with Crippen molar-refractivity contribution >= 4 is 23.3 Å². The van der Waals surface area contributed by atoms with Crippen molar-refractivity contribution in [3.05, 3.63) is 34.3 Å². The minimum atomic E-state index is -0.448. The van der Waals surface area contributed by atoms with E-state index in [0.29, 0.717) is 10.6 Å². The number of carbonyl (C=O) groups is 2. The topological polar surface area (TPSA) is 46.2 Å². The summed E-state index contributed by atoms with van der Waals surface area (Å²) in [4.78, 5) is 23.6. The van der Waals surface area contributed by atoms with E-state index in [2.05, 4.69) is 5.32 Å². The summed E-state index contributed by atoms with van der Waals surface area (Å²) in [7, 11) is 0. The fourth-order valence-corrected chi connectivity index (χ4v) is 1.53. The summed E-state index contributed by atoms with van der Waals surface area (Å²) in [6.07, 6.45) is 0. The Bertz CT molecular complexity index is 475. The minimum Gasteiger partial charge on any atom is -0.345 e. The largest absolute Gasteiger partial charge is 0.345 e. The third-order valence-electron chi connectivity index (χ3n) is 2.69. The normalized spacial score (nSPS) is 11.2. The zero-order valence-corrected chi connectivity index (χ0v) is 11.9. The lowest BCUT2D eigenvalue weighted by molar-refractivity contribution is -0.125. The van der Waals surface area contributed by atoms with Crippen LogP contribution in [-0.2, 0) is 4.79 Å². The van der Waals surface area contributed by atoms with Crippen LogP contribution in [0.2, 0.25) is 5.02 Å². The van der Waals surface area contributed by atoms with Gasteiger partial charge in [0.1, 0.15) is 0 Å². The molecular weight excluding hydrogens is 250 g/mol. The molecule has 0 fully saturated rings. The van der Waals surface area contributed by atoms with E-state index in [1.54, 1.807) is 18.2 Å². The SMILES string of the molecule is Cc1ccc(Cl)cc1C(=O)NCC(=O)C(C)(C)C. The number of benzene rings is 1. The second-order valence-electron chi connectivity index (χ2n) is 5.32. The summed E-state index contributed by atoms with van der Waals surface area (Å²) in [5.41, 5.74) is 0.890. The zero-order valence-electron chi connectivity index (χ0n) is 11.1. The first kappa shape index (κ1) is 14.7. The van der Waals surface area contributed by atoms with Crippen molar-refractivity contribution < 1.29 is 9.59 Å². The van der Waals surface area contributed by atoms with Gasteiger partial charge in [-0.15, -0.1) is 0 Å². The summed E-state index contributed by atoms with van der Waals surface area (Å²) in [6.45, 7) is 7.34. The van der Waals surface area contributed by atoms with Gasteiger partial charge in [-0.1, -0.05) is 38.4 Å². The first-order valence-electron chi connectivity index (χ1n) is 5.79. The molecule has 0 saturated heterocycles. The van der Waals surface area contributed by atoms with E-state index >= 15 is 0 Å². The van der Waals surface area contributed by atoms with Gasteiger partial charge in [-0.3, -0.25) is 9.59 Å². The third-order valence-corrected chi connectivity index (χ3v) is 2.93. The molecule has 0 spiro atoms. The molecule has 98 valence electrons. The van der Waals surface area contributed by atoms with Crippen LogP contribution in [0.5, 0.6) is 0 Å². The second-order valence-corrected chi connectivity index (χ2v) is 5.75. The Morgan fingerprint density at radius 2 is 1.89 bits per heavy atom. The Hall–Kier alpha value is -1.35. The quantitative estimate of drug-likeness (QED) is 0.915. The highest BCUT2D eigenvalue weighted by Gasteiger charge is 2.21. The predicted molar refractivity (Wildman–Crippen MR) is 73.0 cm³/mol. The van der Waals surface area contributed by atoms with Gasteiger partial charge in [-0.25, -0.2) is 0 Å². The molecule has 3 nitrogen and oxygen atoms in total. The molecule has 1 N–H and O–H groups in total. The Morgan fingerprint density at radius 3 is 2.44 bits per heavy atom. The molecule has 0 unspecified atom stereocenters. The maximum absolute atomic E-state index is 11.9. The lowest BCUT2D eigenvalue weighted by Gasteiger charge is -2.17. The van der Waals surface area contributed by atoms with E-state index in [1.807, 2.05) is 27.7 Å². The average Bonchev–Trinajstić information content (AvgIpc) is 2.27. The molecule has 4 heteroatoms. The molecule has 0 radical (unpaired) electrons. The van der Waals surface area contributed by atoms with Gasteiger partial charge in [0.05, 0.1) is 6.54 Å². The highest BCUT2D eigenvalue weighted by Crippen LogP contribution is 2.16. The van der Waals surface area contributed by atoms with Crippen molar-refractivity contribution in [1.29, 1.82) is 0 Å². The molecule has 1 aromatic carbocycles. The number of halogens is 1. The van der Waals surface area contributed by atoms with E-state index in [0.717, 1.165) is 5.56 Å². The summed E-state index contributed by atoms with van der Waals surface area (Å²) < 4.78 is 0. The Kier molecular flexibility index (Phi) is 4.52. The van der Waals surface area contributed by atoms with Crippen LogP contribution < -0.4 is 5.32 Å². The second kappa shape index (κ2) is 5.53. The van der Waals surface area contributed by atoms with E-state index in [9.17, 15) is 9.59 Å². The first-order chi connectivity index (χ1) is 8.21.